The highest BCUT2D eigenvalue weighted by Crippen LogP contribution is 2.33. The molecule has 1 aliphatic rings. The number of imidazole rings is 1. The lowest BCUT2D eigenvalue weighted by atomic mass is 10.1. The second-order valence-corrected chi connectivity index (χ2v) is 10.2. The first-order valence-electron chi connectivity index (χ1n) is 11.8. The van der Waals surface area contributed by atoms with Gasteiger partial charge in [0, 0.05) is 18.5 Å². The Morgan fingerprint density at radius 3 is 2.51 bits per heavy atom. The summed E-state index contributed by atoms with van der Waals surface area (Å²) >= 11 is 0. The maximum Gasteiger partial charge on any atom is 0.329 e. The van der Waals surface area contributed by atoms with Crippen LogP contribution in [0.2, 0.25) is 0 Å². The van der Waals surface area contributed by atoms with Gasteiger partial charge in [-0.2, -0.15) is 0 Å². The fourth-order valence-corrected chi connectivity index (χ4v) is 5.41. The first kappa shape index (κ1) is 24.4. The zero-order valence-electron chi connectivity index (χ0n) is 20.1. The summed E-state index contributed by atoms with van der Waals surface area (Å²) in [5, 5.41) is 2.82. The monoisotopic (exact) mass is 518 g/mol. The molecule has 2 heterocycles. The largest absolute Gasteiger partial charge is 0.486 e. The number of benzene rings is 3. The van der Waals surface area contributed by atoms with Gasteiger partial charge in [-0.3, -0.25) is 0 Å². The number of ether oxygens (including phenoxy) is 2. The van der Waals surface area contributed by atoms with Gasteiger partial charge in [-0.05, 0) is 42.7 Å². The zero-order valence-corrected chi connectivity index (χ0v) is 20.9. The highest BCUT2D eigenvalue weighted by molar-refractivity contribution is 7.90. The van der Waals surface area contributed by atoms with Crippen molar-refractivity contribution >= 4 is 16.1 Å². The normalized spacial score (nSPS) is 13.5. The number of rotatable bonds is 7. The van der Waals surface area contributed by atoms with E-state index < -0.39 is 22.1 Å². The van der Waals surface area contributed by atoms with E-state index in [0.29, 0.717) is 42.5 Å². The third kappa shape index (κ3) is 5.44. The minimum Gasteiger partial charge on any atom is -0.486 e. The molecule has 9 nitrogen and oxygen atoms in total. The molecule has 2 N–H and O–H groups in total. The summed E-state index contributed by atoms with van der Waals surface area (Å²) in [5.74, 6) is 1.82. The van der Waals surface area contributed by atoms with E-state index in [1.54, 1.807) is 37.5 Å². The Bertz CT molecular complexity index is 1520. The number of carbonyl (C=O) groups is 1. The number of nitrogens with zero attached hydrogens (tertiary/aromatic N) is 2. The summed E-state index contributed by atoms with van der Waals surface area (Å²) in [5.41, 5.74) is 2.26. The van der Waals surface area contributed by atoms with Crippen molar-refractivity contribution in [2.75, 3.05) is 13.2 Å². The van der Waals surface area contributed by atoms with Gasteiger partial charge in [-0.25, -0.2) is 22.9 Å². The number of hydrogen-bond acceptors (Lipinski definition) is 6. The van der Waals surface area contributed by atoms with E-state index in [1.165, 1.54) is 6.07 Å². The van der Waals surface area contributed by atoms with E-state index in [0.717, 1.165) is 11.3 Å². The lowest BCUT2D eigenvalue weighted by Gasteiger charge is -2.22. The van der Waals surface area contributed by atoms with Crippen LogP contribution in [0, 0.1) is 6.92 Å². The van der Waals surface area contributed by atoms with Crippen LogP contribution < -0.4 is 19.5 Å². The van der Waals surface area contributed by atoms with Crippen molar-refractivity contribution < 1.29 is 22.7 Å². The third-order valence-corrected chi connectivity index (χ3v) is 7.47. The van der Waals surface area contributed by atoms with Crippen LogP contribution in [0.1, 0.15) is 23.0 Å². The number of aryl methyl sites for hydroxylation is 1. The number of urea groups is 1. The van der Waals surface area contributed by atoms with E-state index in [4.69, 9.17) is 9.47 Å². The van der Waals surface area contributed by atoms with Crippen LogP contribution >= 0.6 is 0 Å². The highest BCUT2D eigenvalue weighted by atomic mass is 32.2. The number of aromatic nitrogens is 2. The first-order valence-corrected chi connectivity index (χ1v) is 13.3. The molecule has 0 bridgehead atoms. The van der Waals surface area contributed by atoms with Gasteiger partial charge in [0.1, 0.15) is 19.0 Å². The Morgan fingerprint density at radius 1 is 1.00 bits per heavy atom. The quantitative estimate of drug-likeness (QED) is 0.384. The SMILES string of the molecule is Cc1ccccc1S(=O)(=O)NC(=O)N[C@@H](Cc1ccccc1)c1nccn1-c1ccc2c(c1)OCCO2. The Balaban J connectivity index is 1.44. The molecule has 0 fully saturated rings. The standard InChI is InChI=1S/C27H26N4O5S/c1-19-7-5-6-10-25(19)37(33,34)30-27(32)29-22(17-20-8-3-2-4-9-20)26-28-13-14-31(26)21-11-12-23-24(18-21)36-16-15-35-23/h2-14,18,22H,15-17H2,1H3,(H2,29,30,32)/t22-/m0/s1. The van der Waals surface area contributed by atoms with Crippen LogP contribution in [0.25, 0.3) is 5.69 Å². The molecule has 0 saturated carbocycles. The second-order valence-electron chi connectivity index (χ2n) is 8.57. The maximum absolute atomic E-state index is 13.0. The van der Waals surface area contributed by atoms with Crippen LogP contribution in [0.15, 0.2) is 90.1 Å². The fourth-order valence-electron chi connectivity index (χ4n) is 4.25. The average molecular weight is 519 g/mol. The predicted molar refractivity (Wildman–Crippen MR) is 137 cm³/mol. The van der Waals surface area contributed by atoms with E-state index in [9.17, 15) is 13.2 Å². The lowest BCUT2D eigenvalue weighted by molar-refractivity contribution is 0.171. The molecule has 1 atom stereocenters. The third-order valence-electron chi connectivity index (χ3n) is 5.98. The number of carbonyl (C=O) groups excluding carboxylic acids is 1. The van der Waals surface area contributed by atoms with E-state index in [1.807, 2.05) is 53.1 Å². The van der Waals surface area contributed by atoms with Gasteiger partial charge in [0.05, 0.1) is 16.6 Å². The average Bonchev–Trinajstić information content (AvgIpc) is 3.38. The van der Waals surface area contributed by atoms with Gasteiger partial charge in [0.15, 0.2) is 11.5 Å². The summed E-state index contributed by atoms with van der Waals surface area (Å²) in [6, 6.07) is 20.1. The number of sulfonamides is 1. The molecule has 190 valence electrons. The minimum absolute atomic E-state index is 0.0440. The second kappa shape index (κ2) is 10.4. The van der Waals surface area contributed by atoms with Crippen LogP contribution in [-0.2, 0) is 16.4 Å². The molecule has 10 heteroatoms. The molecule has 0 radical (unpaired) electrons. The van der Waals surface area contributed by atoms with Crippen molar-refractivity contribution in [1.29, 1.82) is 0 Å². The summed E-state index contributed by atoms with van der Waals surface area (Å²) in [6.45, 7) is 2.63. The van der Waals surface area contributed by atoms with E-state index in [2.05, 4.69) is 15.0 Å². The van der Waals surface area contributed by atoms with Crippen molar-refractivity contribution in [2.45, 2.75) is 24.3 Å². The van der Waals surface area contributed by atoms with Crippen LogP contribution in [0.4, 0.5) is 4.79 Å². The van der Waals surface area contributed by atoms with Gasteiger partial charge in [0.25, 0.3) is 10.0 Å². The molecule has 1 aromatic heterocycles. The number of nitrogens with one attached hydrogen (secondary N) is 2. The topological polar surface area (TPSA) is 112 Å². The predicted octanol–water partition coefficient (Wildman–Crippen LogP) is 3.92. The zero-order chi connectivity index (χ0) is 25.8. The molecule has 2 amide bonds. The van der Waals surface area contributed by atoms with E-state index in [-0.39, 0.29) is 4.90 Å². The van der Waals surface area contributed by atoms with Crippen molar-refractivity contribution in [3.63, 3.8) is 0 Å². The molecule has 4 aromatic rings. The maximum atomic E-state index is 13.0. The number of hydrogen-bond donors (Lipinski definition) is 2. The number of fused-ring (bicyclic) bond motifs is 1. The molecule has 3 aromatic carbocycles. The van der Waals surface area contributed by atoms with E-state index >= 15 is 0 Å². The molecule has 0 saturated heterocycles. The Labute approximate surface area is 215 Å². The fraction of sp³-hybridized carbons (Fsp3) is 0.185. The van der Waals surface area contributed by atoms with Gasteiger partial charge in [0.2, 0.25) is 0 Å². The Hall–Kier alpha value is -4.31. The summed E-state index contributed by atoms with van der Waals surface area (Å²) < 4.78 is 41.1. The van der Waals surface area contributed by atoms with Gasteiger partial charge in [-0.1, -0.05) is 48.5 Å². The summed E-state index contributed by atoms with van der Waals surface area (Å²) in [6.07, 6.45) is 3.80. The molecule has 5 rings (SSSR count). The smallest absolute Gasteiger partial charge is 0.329 e. The highest BCUT2D eigenvalue weighted by Gasteiger charge is 2.25. The van der Waals surface area contributed by atoms with Crippen molar-refractivity contribution in [3.05, 3.63) is 102 Å². The van der Waals surface area contributed by atoms with Gasteiger partial charge < -0.3 is 19.4 Å². The molecular formula is C27H26N4O5S. The molecule has 0 spiro atoms. The Kier molecular flexibility index (Phi) is 6.82. The van der Waals surface area contributed by atoms with Gasteiger partial charge in [-0.15, -0.1) is 0 Å². The van der Waals surface area contributed by atoms with Crippen molar-refractivity contribution in [3.8, 4) is 17.2 Å². The minimum atomic E-state index is -4.07. The molecule has 0 aliphatic carbocycles. The van der Waals surface area contributed by atoms with Gasteiger partial charge >= 0.3 is 6.03 Å². The summed E-state index contributed by atoms with van der Waals surface area (Å²) in [4.78, 5) is 17.6. The lowest BCUT2D eigenvalue weighted by Crippen LogP contribution is -2.42. The van der Waals surface area contributed by atoms with Crippen LogP contribution in [0.3, 0.4) is 0 Å². The number of amides is 2. The molecule has 37 heavy (non-hydrogen) atoms. The van der Waals surface area contributed by atoms with Crippen molar-refractivity contribution in [2.24, 2.45) is 0 Å². The van der Waals surface area contributed by atoms with Crippen LogP contribution in [0.5, 0.6) is 11.5 Å². The molecular weight excluding hydrogens is 492 g/mol. The van der Waals surface area contributed by atoms with Crippen LogP contribution in [-0.4, -0.2) is 37.2 Å². The summed E-state index contributed by atoms with van der Waals surface area (Å²) in [7, 11) is -4.07. The first-order chi connectivity index (χ1) is 17.9. The van der Waals surface area contributed by atoms with Crippen molar-refractivity contribution in [1.82, 2.24) is 19.6 Å². The molecule has 1 aliphatic heterocycles. The molecule has 0 unspecified atom stereocenters. The Morgan fingerprint density at radius 2 is 1.73 bits per heavy atom.